The monoisotopic (exact) mass is 201 g/mol. The van der Waals surface area contributed by atoms with E-state index >= 15 is 0 Å². The quantitative estimate of drug-likeness (QED) is 0.644. The number of carbonyl (C=O) groups is 2. The fourth-order valence-corrected chi connectivity index (χ4v) is 1.33. The van der Waals surface area contributed by atoms with Gasteiger partial charge in [0.25, 0.3) is 0 Å². The molecule has 0 bridgehead atoms. The van der Waals surface area contributed by atoms with Crippen LogP contribution in [0, 0.1) is 0 Å². The van der Waals surface area contributed by atoms with Gasteiger partial charge in [0, 0.05) is 6.61 Å². The fraction of sp³-hybridized carbons (Fsp3) is 0.778. The molecule has 14 heavy (non-hydrogen) atoms. The Hall–Kier alpha value is -1.10. The molecule has 1 unspecified atom stereocenters. The van der Waals surface area contributed by atoms with Crippen LogP contribution < -0.4 is 5.32 Å². The smallest absolute Gasteiger partial charge is 0.328 e. The van der Waals surface area contributed by atoms with Crippen molar-refractivity contribution in [3.8, 4) is 0 Å². The Bertz CT molecular complexity index is 223. The largest absolute Gasteiger partial charge is 0.467 e. The first-order valence-corrected chi connectivity index (χ1v) is 4.65. The van der Waals surface area contributed by atoms with Crippen LogP contribution in [0.4, 0.5) is 0 Å². The number of nitrogens with one attached hydrogen (secondary N) is 1. The Kier molecular flexibility index (Phi) is 3.88. The van der Waals surface area contributed by atoms with Crippen molar-refractivity contribution in [1.82, 2.24) is 5.32 Å². The Morgan fingerprint density at radius 1 is 1.57 bits per heavy atom. The molecule has 5 nitrogen and oxygen atoms in total. The van der Waals surface area contributed by atoms with Gasteiger partial charge in [-0.05, 0) is 19.8 Å². The first kappa shape index (κ1) is 11.0. The molecule has 0 aromatic heterocycles. The third-order valence-electron chi connectivity index (χ3n) is 2.14. The van der Waals surface area contributed by atoms with E-state index in [4.69, 9.17) is 4.74 Å². The summed E-state index contributed by atoms with van der Waals surface area (Å²) in [5.74, 6) is -0.684. The minimum atomic E-state index is -0.614. The average Bonchev–Trinajstić information content (AvgIpc) is 2.69. The fourth-order valence-electron chi connectivity index (χ4n) is 1.33. The molecule has 80 valence electrons. The van der Waals surface area contributed by atoms with Crippen molar-refractivity contribution in [2.24, 2.45) is 0 Å². The molecule has 1 aliphatic heterocycles. The summed E-state index contributed by atoms with van der Waals surface area (Å²) in [5.41, 5.74) is 0. The van der Waals surface area contributed by atoms with E-state index in [1.807, 2.05) is 0 Å². The van der Waals surface area contributed by atoms with Crippen molar-refractivity contribution in [2.45, 2.75) is 31.9 Å². The van der Waals surface area contributed by atoms with Crippen molar-refractivity contribution in [1.29, 1.82) is 0 Å². The summed E-state index contributed by atoms with van der Waals surface area (Å²) in [6.45, 7) is 2.20. The predicted molar refractivity (Wildman–Crippen MR) is 48.6 cm³/mol. The molecule has 5 heteroatoms. The van der Waals surface area contributed by atoms with E-state index in [0.717, 1.165) is 12.8 Å². The van der Waals surface area contributed by atoms with Crippen LogP contribution in [0.5, 0.6) is 0 Å². The molecular formula is C9H15NO4. The van der Waals surface area contributed by atoms with E-state index in [1.165, 1.54) is 7.11 Å². The summed E-state index contributed by atoms with van der Waals surface area (Å²) in [6, 6.07) is -0.614. The van der Waals surface area contributed by atoms with Gasteiger partial charge < -0.3 is 14.8 Å². The van der Waals surface area contributed by atoms with Crippen LogP contribution in [-0.2, 0) is 19.1 Å². The number of amides is 1. The molecule has 0 saturated carbocycles. The molecule has 1 fully saturated rings. The third kappa shape index (κ3) is 2.70. The highest BCUT2D eigenvalue weighted by Crippen LogP contribution is 2.11. The van der Waals surface area contributed by atoms with Crippen LogP contribution in [-0.4, -0.2) is 37.7 Å². The minimum absolute atomic E-state index is 0.236. The van der Waals surface area contributed by atoms with Gasteiger partial charge in [0.05, 0.1) is 7.11 Å². The molecule has 1 heterocycles. The lowest BCUT2D eigenvalue weighted by atomic mass is 10.2. The van der Waals surface area contributed by atoms with Gasteiger partial charge in [-0.15, -0.1) is 0 Å². The van der Waals surface area contributed by atoms with Crippen LogP contribution in [0.2, 0.25) is 0 Å². The number of methoxy groups -OCH3 is 1. The second-order valence-corrected chi connectivity index (χ2v) is 3.26. The zero-order valence-electron chi connectivity index (χ0n) is 8.41. The van der Waals surface area contributed by atoms with E-state index in [9.17, 15) is 9.59 Å². The van der Waals surface area contributed by atoms with Crippen molar-refractivity contribution in [2.75, 3.05) is 13.7 Å². The van der Waals surface area contributed by atoms with E-state index < -0.39 is 18.1 Å². The highest BCUT2D eigenvalue weighted by atomic mass is 16.5. The average molecular weight is 201 g/mol. The predicted octanol–water partition coefficient (Wildman–Crippen LogP) is -0.157. The number of hydrogen-bond donors (Lipinski definition) is 1. The van der Waals surface area contributed by atoms with Crippen LogP contribution >= 0.6 is 0 Å². The molecule has 0 aliphatic carbocycles. The van der Waals surface area contributed by atoms with Gasteiger partial charge in [-0.25, -0.2) is 4.79 Å². The van der Waals surface area contributed by atoms with E-state index in [1.54, 1.807) is 6.92 Å². The summed E-state index contributed by atoms with van der Waals surface area (Å²) >= 11 is 0. The third-order valence-corrected chi connectivity index (χ3v) is 2.14. The standard InChI is InChI=1S/C9H15NO4/c1-6(9(12)13-2)10-8(11)7-4-3-5-14-7/h6-7H,3-5H2,1-2H3,(H,10,11)/t6?,7-/m0/s1. The van der Waals surface area contributed by atoms with Gasteiger partial charge in [-0.1, -0.05) is 0 Å². The topological polar surface area (TPSA) is 64.6 Å². The van der Waals surface area contributed by atoms with Gasteiger partial charge in [0.2, 0.25) is 5.91 Å². The van der Waals surface area contributed by atoms with E-state index in [-0.39, 0.29) is 5.91 Å². The lowest BCUT2D eigenvalue weighted by Crippen LogP contribution is -2.44. The van der Waals surface area contributed by atoms with Crippen molar-refractivity contribution >= 4 is 11.9 Å². The minimum Gasteiger partial charge on any atom is -0.467 e. The number of rotatable bonds is 3. The molecule has 0 radical (unpaired) electrons. The summed E-state index contributed by atoms with van der Waals surface area (Å²) in [7, 11) is 1.29. The number of hydrogen-bond acceptors (Lipinski definition) is 4. The maximum Gasteiger partial charge on any atom is 0.328 e. The molecule has 2 atom stereocenters. The van der Waals surface area contributed by atoms with Crippen molar-refractivity contribution in [3.05, 3.63) is 0 Å². The van der Waals surface area contributed by atoms with Gasteiger partial charge in [0.15, 0.2) is 0 Å². The van der Waals surface area contributed by atoms with E-state index in [0.29, 0.717) is 6.61 Å². The molecule has 0 aromatic rings. The lowest BCUT2D eigenvalue weighted by molar-refractivity contribution is -0.145. The normalized spacial score (nSPS) is 22.9. The van der Waals surface area contributed by atoms with Gasteiger partial charge >= 0.3 is 5.97 Å². The van der Waals surface area contributed by atoms with Crippen LogP contribution in [0.3, 0.4) is 0 Å². The van der Waals surface area contributed by atoms with Crippen LogP contribution in [0.25, 0.3) is 0 Å². The molecular weight excluding hydrogens is 186 g/mol. The maximum atomic E-state index is 11.4. The molecule has 1 amide bonds. The summed E-state index contributed by atoms with van der Waals surface area (Å²) in [6.07, 6.45) is 1.21. The van der Waals surface area contributed by atoms with Crippen LogP contribution in [0.15, 0.2) is 0 Å². The Labute approximate surface area is 82.8 Å². The lowest BCUT2D eigenvalue weighted by Gasteiger charge is -2.14. The van der Waals surface area contributed by atoms with Crippen molar-refractivity contribution in [3.63, 3.8) is 0 Å². The summed E-state index contributed by atoms with van der Waals surface area (Å²) < 4.78 is 9.65. The van der Waals surface area contributed by atoms with Gasteiger partial charge in [-0.2, -0.15) is 0 Å². The second kappa shape index (κ2) is 4.95. The Balaban J connectivity index is 2.35. The number of esters is 1. The van der Waals surface area contributed by atoms with Gasteiger partial charge in [0.1, 0.15) is 12.1 Å². The molecule has 0 aromatic carbocycles. The zero-order valence-corrected chi connectivity index (χ0v) is 8.41. The SMILES string of the molecule is COC(=O)C(C)NC(=O)[C@@H]1CCCO1. The molecule has 0 spiro atoms. The second-order valence-electron chi connectivity index (χ2n) is 3.26. The number of ether oxygens (including phenoxy) is 2. The first-order valence-electron chi connectivity index (χ1n) is 4.65. The number of carbonyl (C=O) groups excluding carboxylic acids is 2. The molecule has 1 N–H and O–H groups in total. The van der Waals surface area contributed by atoms with Crippen molar-refractivity contribution < 1.29 is 19.1 Å². The van der Waals surface area contributed by atoms with Crippen LogP contribution in [0.1, 0.15) is 19.8 Å². The first-order chi connectivity index (χ1) is 6.65. The zero-order chi connectivity index (χ0) is 10.6. The summed E-state index contributed by atoms with van der Waals surface area (Å²) in [5, 5.41) is 2.53. The van der Waals surface area contributed by atoms with E-state index in [2.05, 4.69) is 10.1 Å². The summed E-state index contributed by atoms with van der Waals surface area (Å²) in [4.78, 5) is 22.4. The Morgan fingerprint density at radius 3 is 2.79 bits per heavy atom. The molecule has 1 rings (SSSR count). The Morgan fingerprint density at radius 2 is 2.29 bits per heavy atom. The highest BCUT2D eigenvalue weighted by molar-refractivity contribution is 5.86. The molecule has 1 saturated heterocycles. The highest BCUT2D eigenvalue weighted by Gasteiger charge is 2.26. The van der Waals surface area contributed by atoms with Gasteiger partial charge in [-0.3, -0.25) is 4.79 Å². The maximum absolute atomic E-state index is 11.4. The molecule has 1 aliphatic rings.